The summed E-state index contributed by atoms with van der Waals surface area (Å²) in [5.41, 5.74) is 4.68. The fourth-order valence-corrected chi connectivity index (χ4v) is 10.5. The van der Waals surface area contributed by atoms with E-state index in [9.17, 15) is 30.0 Å². The second-order valence-electron chi connectivity index (χ2n) is 17.3. The highest BCUT2D eigenvalue weighted by molar-refractivity contribution is 5.70. The summed E-state index contributed by atoms with van der Waals surface area (Å²) in [4.78, 5) is 26.3. The summed E-state index contributed by atoms with van der Waals surface area (Å²) in [5.74, 6) is 6.83. The Kier molecular flexibility index (Phi) is 19.2. The van der Waals surface area contributed by atoms with Crippen LogP contribution in [0.25, 0.3) is 0 Å². The summed E-state index contributed by atoms with van der Waals surface area (Å²) in [7, 11) is 0. The average Bonchev–Trinajstić information content (AvgIpc) is 3.68. The minimum Gasteiger partial charge on any atom is -0.482 e. The maximum atomic E-state index is 11.3. The summed E-state index contributed by atoms with van der Waals surface area (Å²) >= 11 is 0. The molecule has 326 valence electrons. The molecule has 2 fully saturated rings. The Labute approximate surface area is 345 Å². The van der Waals surface area contributed by atoms with E-state index in [1.165, 1.54) is 11.1 Å². The number of carboxylic acid groups (broad SMARTS) is 1. The van der Waals surface area contributed by atoms with Crippen LogP contribution in [0.4, 0.5) is 0 Å². The van der Waals surface area contributed by atoms with Gasteiger partial charge in [0.05, 0.1) is 24.4 Å². The number of ether oxygens (including phenoxy) is 2. The zero-order chi connectivity index (χ0) is 40.9. The molecule has 0 unspecified atom stereocenters. The van der Waals surface area contributed by atoms with Crippen LogP contribution in [0.1, 0.15) is 126 Å². The molecule has 0 bridgehead atoms. The van der Waals surface area contributed by atoms with Crippen molar-refractivity contribution in [3.8, 4) is 11.5 Å². The van der Waals surface area contributed by atoms with Gasteiger partial charge in [0, 0.05) is 0 Å². The van der Waals surface area contributed by atoms with E-state index >= 15 is 0 Å². The number of carbonyl (C=O) groups is 2. The minimum atomic E-state index is -0.972. The molecule has 2 saturated carbocycles. The molecule has 4 aliphatic rings. The fraction of sp³-hybridized carbons (Fsp3) is 0.696. The predicted molar refractivity (Wildman–Crippen MR) is 223 cm³/mol. The number of rotatable bonds is 20. The van der Waals surface area contributed by atoms with Gasteiger partial charge in [0.25, 0.3) is 0 Å². The Balaban J connectivity index is 0.000000252. The first-order chi connectivity index (χ1) is 27.5. The molecule has 10 atom stereocenters. The van der Waals surface area contributed by atoms with Crippen molar-refractivity contribution in [1.29, 1.82) is 0 Å². The number of hydrogen-bond acceptors (Lipinski definition) is 11. The average molecular weight is 813 g/mol. The monoisotopic (exact) mass is 813 g/mol. The van der Waals surface area contributed by atoms with Crippen LogP contribution in [0, 0.1) is 35.5 Å². The number of nitrogens with two attached hydrogens (primary N) is 1. The molecule has 0 aromatic heterocycles. The van der Waals surface area contributed by atoms with E-state index in [0.29, 0.717) is 35.2 Å². The lowest BCUT2D eigenvalue weighted by molar-refractivity contribution is -0.146. The maximum Gasteiger partial charge on any atom is 0.362 e. The summed E-state index contributed by atoms with van der Waals surface area (Å²) < 4.78 is 11.1. The molecule has 0 spiro atoms. The number of fused-ring (bicyclic) bond motifs is 4. The zero-order valence-electron chi connectivity index (χ0n) is 34.9. The number of carbonyl (C=O) groups excluding carboxylic acids is 1. The number of aliphatic hydroxyl groups excluding tert-OH is 4. The summed E-state index contributed by atoms with van der Waals surface area (Å²) in [6, 6.07) is 11.8. The zero-order valence-corrected chi connectivity index (χ0v) is 34.9. The molecule has 12 heteroatoms. The highest BCUT2D eigenvalue weighted by atomic mass is 16.7. The maximum absolute atomic E-state index is 11.3. The highest BCUT2D eigenvalue weighted by Gasteiger charge is 2.46. The van der Waals surface area contributed by atoms with Gasteiger partial charge in [-0.2, -0.15) is 5.90 Å². The lowest BCUT2D eigenvalue weighted by Gasteiger charge is -2.32. The summed E-state index contributed by atoms with van der Waals surface area (Å²) in [6.07, 6.45) is 15.7. The van der Waals surface area contributed by atoms with Gasteiger partial charge in [-0.25, -0.2) is 9.59 Å². The van der Waals surface area contributed by atoms with Crippen LogP contribution >= 0.6 is 0 Å². The Morgan fingerprint density at radius 2 is 1.14 bits per heavy atom. The predicted octanol–water partition coefficient (Wildman–Crippen LogP) is 6.66. The molecule has 6 rings (SSSR count). The first kappa shape index (κ1) is 47.4. The van der Waals surface area contributed by atoms with Crippen molar-refractivity contribution in [2.24, 2.45) is 41.4 Å². The number of unbranched alkanes of at least 4 members (excludes halogenated alkanes) is 4. The van der Waals surface area contributed by atoms with Crippen molar-refractivity contribution in [1.82, 2.24) is 6.15 Å². The third-order valence-corrected chi connectivity index (χ3v) is 13.5. The lowest BCUT2D eigenvalue weighted by atomic mass is 9.73. The lowest BCUT2D eigenvalue weighted by Crippen LogP contribution is -2.28. The Morgan fingerprint density at radius 1 is 0.690 bits per heavy atom. The molecule has 2 aromatic rings. The smallest absolute Gasteiger partial charge is 0.362 e. The van der Waals surface area contributed by atoms with Crippen LogP contribution < -0.4 is 21.5 Å². The molecule has 0 heterocycles. The molecule has 12 nitrogen and oxygen atoms in total. The first-order valence-electron chi connectivity index (χ1n) is 21.8. The molecule has 0 aliphatic heterocycles. The van der Waals surface area contributed by atoms with Crippen LogP contribution in [0.5, 0.6) is 11.5 Å². The molecule has 0 radical (unpaired) electrons. The molecule has 10 N–H and O–H groups in total. The van der Waals surface area contributed by atoms with Crippen LogP contribution in [0.15, 0.2) is 36.4 Å². The van der Waals surface area contributed by atoms with Crippen molar-refractivity contribution < 1.29 is 49.4 Å². The molecule has 0 saturated heterocycles. The molecular weight excluding hydrogens is 741 g/mol. The van der Waals surface area contributed by atoms with Crippen LogP contribution in [0.3, 0.4) is 0 Å². The van der Waals surface area contributed by atoms with Gasteiger partial charge < -0.3 is 46.0 Å². The van der Waals surface area contributed by atoms with Crippen LogP contribution in [0.2, 0.25) is 0 Å². The third kappa shape index (κ3) is 12.9. The molecule has 0 amide bonds. The van der Waals surface area contributed by atoms with E-state index in [4.69, 9.17) is 20.5 Å². The van der Waals surface area contributed by atoms with E-state index in [2.05, 4.69) is 30.8 Å². The van der Waals surface area contributed by atoms with Crippen molar-refractivity contribution in [2.45, 2.75) is 154 Å². The SMILES string of the molecule is CCCCC[C@H](O)CC[C@@H]1[C@H]2Cc3cccc(OCC(=O)O)c3C[C@H]2C[C@H]1O.CCCCC[C@H](O)CC[C@@H]1[C@H]2Cc3cccc(OCC(=O)ON)c3C[C@H]2C[C@H]1O.N. The normalized spacial score (nSPS) is 26.3. The van der Waals surface area contributed by atoms with E-state index in [1.54, 1.807) is 0 Å². The van der Waals surface area contributed by atoms with E-state index < -0.39 is 11.9 Å². The summed E-state index contributed by atoms with van der Waals surface area (Å²) in [5, 5.41) is 50.9. The van der Waals surface area contributed by atoms with E-state index in [-0.39, 0.29) is 55.6 Å². The fourth-order valence-electron chi connectivity index (χ4n) is 10.5. The quantitative estimate of drug-likeness (QED) is 0.0551. The van der Waals surface area contributed by atoms with Crippen LogP contribution in [-0.4, -0.2) is 75.1 Å². The van der Waals surface area contributed by atoms with Crippen molar-refractivity contribution >= 4 is 11.9 Å². The van der Waals surface area contributed by atoms with Gasteiger partial charge in [0.1, 0.15) is 11.5 Å². The standard InChI is InChI=1S/C23H35NO5.C23H34O5.H3N/c1-2-3-4-7-17(25)9-10-18-19-11-15-6-5-8-22(28-14-23(27)29-24)20(15)12-16(19)13-21(18)26;1-2-3-4-7-17(24)9-10-18-19-11-15-6-5-8-22(28-14-23(26)27)20(15)12-16(19)13-21(18)25;/h5-6,8,16-19,21,25-26H,2-4,7,9-14,24H2,1H3;5-6,8,16-19,21,24-25H,2-4,7,9-14H2,1H3,(H,26,27);1H3/t2*16-,17-,18+,19-,21+;/m00./s1. The molecule has 4 aliphatic carbocycles. The Bertz CT molecular complexity index is 1570. The second kappa shape index (κ2) is 23.5. The number of aliphatic carboxylic acids is 1. The Morgan fingerprint density at radius 3 is 1.55 bits per heavy atom. The van der Waals surface area contributed by atoms with Crippen molar-refractivity contribution in [3.05, 3.63) is 58.7 Å². The van der Waals surface area contributed by atoms with E-state index in [1.807, 2.05) is 24.3 Å². The summed E-state index contributed by atoms with van der Waals surface area (Å²) in [6.45, 7) is 3.80. The first-order valence-corrected chi connectivity index (χ1v) is 21.8. The largest absolute Gasteiger partial charge is 0.482 e. The van der Waals surface area contributed by atoms with Crippen LogP contribution in [-0.2, 0) is 40.1 Å². The van der Waals surface area contributed by atoms with Gasteiger partial charge in [-0.15, -0.1) is 0 Å². The third-order valence-electron chi connectivity index (χ3n) is 13.5. The Hall–Kier alpha value is -3.26. The number of aliphatic hydroxyl groups is 4. The van der Waals surface area contributed by atoms with Gasteiger partial charge in [-0.05, 0) is 147 Å². The molecular formula is C46H72N2O10. The number of benzene rings is 2. The topological polar surface area (TPSA) is 224 Å². The van der Waals surface area contributed by atoms with Gasteiger partial charge >= 0.3 is 11.9 Å². The minimum absolute atomic E-state index is 0. The van der Waals surface area contributed by atoms with Gasteiger partial charge in [0.2, 0.25) is 0 Å². The number of carboxylic acids is 1. The van der Waals surface area contributed by atoms with E-state index in [0.717, 1.165) is 127 Å². The van der Waals surface area contributed by atoms with Gasteiger partial charge in [-0.3, -0.25) is 0 Å². The highest BCUT2D eigenvalue weighted by Crippen LogP contribution is 2.50. The van der Waals surface area contributed by atoms with Gasteiger partial charge in [0.15, 0.2) is 13.2 Å². The second-order valence-corrected chi connectivity index (χ2v) is 17.3. The van der Waals surface area contributed by atoms with Gasteiger partial charge in [-0.1, -0.05) is 76.6 Å². The molecule has 2 aromatic carbocycles. The van der Waals surface area contributed by atoms with Crippen molar-refractivity contribution in [2.75, 3.05) is 13.2 Å². The number of hydrogen-bond donors (Lipinski definition) is 7. The van der Waals surface area contributed by atoms with Crippen molar-refractivity contribution in [3.63, 3.8) is 0 Å². The molecule has 58 heavy (non-hydrogen) atoms.